The van der Waals surface area contributed by atoms with E-state index in [1.54, 1.807) is 0 Å². The van der Waals surface area contributed by atoms with E-state index >= 15 is 0 Å². The molecule has 3 nitrogen and oxygen atoms in total. The van der Waals surface area contributed by atoms with Crippen LogP contribution in [-0.2, 0) is 13.6 Å². The lowest BCUT2D eigenvalue weighted by Crippen LogP contribution is -1.93. The Kier molecular flexibility index (Phi) is 8.08. The summed E-state index contributed by atoms with van der Waals surface area (Å²) in [7, 11) is -1.85. The smallest absolute Gasteiger partial charge is 0.119 e. The van der Waals surface area contributed by atoms with E-state index in [2.05, 4.69) is 0 Å². The lowest BCUT2D eigenvalue weighted by molar-refractivity contribution is 0.217. The van der Waals surface area contributed by atoms with Gasteiger partial charge in [-0.25, -0.2) is 0 Å². The highest BCUT2D eigenvalue weighted by molar-refractivity contribution is 7.33. The second kappa shape index (κ2) is 9.26. The third-order valence-electron chi connectivity index (χ3n) is 2.68. The molecule has 0 aromatic heterocycles. The second-order valence-electron chi connectivity index (χ2n) is 4.07. The van der Waals surface area contributed by atoms with Gasteiger partial charge in [0.05, 0.1) is 0 Å². The summed E-state index contributed by atoms with van der Waals surface area (Å²) < 4.78 is 21.3. The van der Waals surface area contributed by atoms with E-state index in [0.29, 0.717) is 13.2 Å². The normalized spacial score (nSPS) is 23.3. The molecule has 1 aliphatic rings. The van der Waals surface area contributed by atoms with Crippen LogP contribution in [0.1, 0.15) is 57.8 Å². The standard InChI is InChI=1S/C11H22O3P/c12-15-13-10-8-6-4-2-1-3-5-7-9-11-14-15/h1-11H2/q+1. The molecule has 0 atom stereocenters. The first-order valence-corrected chi connectivity index (χ1v) is 7.22. The summed E-state index contributed by atoms with van der Waals surface area (Å²) in [6.07, 6.45) is 11.0. The predicted molar refractivity (Wildman–Crippen MR) is 61.1 cm³/mol. The molecule has 1 fully saturated rings. The van der Waals surface area contributed by atoms with Crippen molar-refractivity contribution in [2.45, 2.75) is 57.8 Å². The molecule has 0 bridgehead atoms. The number of hydrogen-bond acceptors (Lipinski definition) is 3. The maximum Gasteiger partial charge on any atom is 0.697 e. The Labute approximate surface area is 93.5 Å². The molecule has 0 N–H and O–H groups in total. The van der Waals surface area contributed by atoms with Gasteiger partial charge < -0.3 is 0 Å². The molecule has 1 saturated heterocycles. The van der Waals surface area contributed by atoms with Crippen molar-refractivity contribution >= 4 is 8.25 Å². The van der Waals surface area contributed by atoms with Gasteiger partial charge in [-0.05, 0) is 12.8 Å². The Bertz CT molecular complexity index is 157. The van der Waals surface area contributed by atoms with Gasteiger partial charge in [-0.15, -0.1) is 9.05 Å². The van der Waals surface area contributed by atoms with Gasteiger partial charge in [-0.2, -0.15) is 0 Å². The van der Waals surface area contributed by atoms with Crippen LogP contribution in [0.5, 0.6) is 0 Å². The molecule has 0 aromatic carbocycles. The third-order valence-corrected chi connectivity index (χ3v) is 3.47. The fraction of sp³-hybridized carbons (Fsp3) is 1.00. The van der Waals surface area contributed by atoms with Gasteiger partial charge >= 0.3 is 8.25 Å². The Balaban J connectivity index is 2.13. The van der Waals surface area contributed by atoms with E-state index in [9.17, 15) is 4.57 Å². The maximum atomic E-state index is 11.2. The van der Waals surface area contributed by atoms with E-state index in [-0.39, 0.29) is 0 Å². The molecule has 0 spiro atoms. The molecule has 1 heterocycles. The van der Waals surface area contributed by atoms with Crippen molar-refractivity contribution in [3.05, 3.63) is 0 Å². The van der Waals surface area contributed by atoms with E-state index in [0.717, 1.165) is 12.8 Å². The monoisotopic (exact) mass is 233 g/mol. The quantitative estimate of drug-likeness (QED) is 0.588. The molecule has 0 amide bonds. The van der Waals surface area contributed by atoms with Crippen molar-refractivity contribution in [2.24, 2.45) is 0 Å². The fourth-order valence-corrected chi connectivity index (χ4v) is 2.39. The van der Waals surface area contributed by atoms with E-state index < -0.39 is 8.25 Å². The van der Waals surface area contributed by atoms with Crippen molar-refractivity contribution in [2.75, 3.05) is 13.2 Å². The summed E-state index contributed by atoms with van der Waals surface area (Å²) >= 11 is 0. The van der Waals surface area contributed by atoms with Gasteiger partial charge in [-0.1, -0.05) is 44.9 Å². The average Bonchev–Trinajstić information content (AvgIpc) is 2.24. The molecule has 0 aromatic rings. The molecular formula is C11H22O3P+. The van der Waals surface area contributed by atoms with Gasteiger partial charge in [-0.3, -0.25) is 0 Å². The highest BCUT2D eigenvalue weighted by atomic mass is 31.1. The summed E-state index contributed by atoms with van der Waals surface area (Å²) in [4.78, 5) is 0. The van der Waals surface area contributed by atoms with Crippen molar-refractivity contribution in [3.8, 4) is 0 Å². The van der Waals surface area contributed by atoms with E-state index in [1.165, 1.54) is 44.9 Å². The Morgan fingerprint density at radius 3 is 1.33 bits per heavy atom. The zero-order chi connectivity index (χ0) is 10.8. The topological polar surface area (TPSA) is 35.5 Å². The minimum atomic E-state index is -1.85. The number of hydrogen-bond donors (Lipinski definition) is 0. The molecule has 0 aliphatic carbocycles. The molecule has 15 heavy (non-hydrogen) atoms. The molecule has 0 radical (unpaired) electrons. The molecule has 0 unspecified atom stereocenters. The Morgan fingerprint density at radius 1 is 0.600 bits per heavy atom. The van der Waals surface area contributed by atoms with Crippen molar-refractivity contribution in [1.82, 2.24) is 0 Å². The van der Waals surface area contributed by atoms with Crippen LogP contribution < -0.4 is 0 Å². The maximum absolute atomic E-state index is 11.2. The molecule has 1 aliphatic heterocycles. The highest BCUT2D eigenvalue weighted by Crippen LogP contribution is 2.25. The highest BCUT2D eigenvalue weighted by Gasteiger charge is 2.18. The van der Waals surface area contributed by atoms with Crippen LogP contribution in [-0.4, -0.2) is 13.2 Å². The zero-order valence-electron chi connectivity index (χ0n) is 9.45. The molecular weight excluding hydrogens is 211 g/mol. The summed E-state index contributed by atoms with van der Waals surface area (Å²) in [5.41, 5.74) is 0. The van der Waals surface area contributed by atoms with Crippen LogP contribution in [0.25, 0.3) is 0 Å². The SMILES string of the molecule is O=[P+]1OCCCCCCCCCCCO1. The molecule has 1 rings (SSSR count). The first-order valence-electron chi connectivity index (χ1n) is 6.13. The van der Waals surface area contributed by atoms with E-state index in [1.807, 2.05) is 0 Å². The lowest BCUT2D eigenvalue weighted by atomic mass is 10.1. The van der Waals surface area contributed by atoms with Gasteiger partial charge in [0.15, 0.2) is 0 Å². The summed E-state index contributed by atoms with van der Waals surface area (Å²) in [6.45, 7) is 1.16. The van der Waals surface area contributed by atoms with E-state index in [4.69, 9.17) is 9.05 Å². The average molecular weight is 233 g/mol. The van der Waals surface area contributed by atoms with Gasteiger partial charge in [0.1, 0.15) is 13.2 Å². The zero-order valence-corrected chi connectivity index (χ0v) is 10.3. The largest absolute Gasteiger partial charge is 0.697 e. The summed E-state index contributed by atoms with van der Waals surface area (Å²) in [5, 5.41) is 0. The van der Waals surface area contributed by atoms with Crippen molar-refractivity contribution < 1.29 is 13.6 Å². The van der Waals surface area contributed by atoms with Crippen LogP contribution in [0, 0.1) is 0 Å². The molecule has 88 valence electrons. The Hall–Kier alpha value is 0.0200. The predicted octanol–water partition coefficient (Wildman–Crippen LogP) is 4.20. The van der Waals surface area contributed by atoms with Gasteiger partial charge in [0, 0.05) is 4.57 Å². The van der Waals surface area contributed by atoms with Gasteiger partial charge in [0.25, 0.3) is 0 Å². The van der Waals surface area contributed by atoms with Crippen LogP contribution in [0.3, 0.4) is 0 Å². The third kappa shape index (κ3) is 7.89. The number of rotatable bonds is 0. The van der Waals surface area contributed by atoms with Crippen LogP contribution in [0.2, 0.25) is 0 Å². The van der Waals surface area contributed by atoms with Crippen LogP contribution in [0.15, 0.2) is 0 Å². The Morgan fingerprint density at radius 2 is 0.933 bits per heavy atom. The second-order valence-corrected chi connectivity index (χ2v) is 5.04. The summed E-state index contributed by atoms with van der Waals surface area (Å²) in [6, 6.07) is 0. The van der Waals surface area contributed by atoms with Crippen molar-refractivity contribution in [3.63, 3.8) is 0 Å². The fourth-order valence-electron chi connectivity index (χ4n) is 1.76. The van der Waals surface area contributed by atoms with Crippen LogP contribution in [0.4, 0.5) is 0 Å². The van der Waals surface area contributed by atoms with Crippen molar-refractivity contribution in [1.29, 1.82) is 0 Å². The first-order chi connectivity index (χ1) is 7.39. The minimum Gasteiger partial charge on any atom is -0.119 e. The first kappa shape index (κ1) is 13.1. The minimum absolute atomic E-state index is 0.579. The van der Waals surface area contributed by atoms with Gasteiger partial charge in [0.2, 0.25) is 0 Å². The summed E-state index contributed by atoms with van der Waals surface area (Å²) in [5.74, 6) is 0. The lowest BCUT2D eigenvalue weighted by Gasteiger charge is -2.02. The van der Waals surface area contributed by atoms with Crippen LogP contribution >= 0.6 is 8.25 Å². The molecule has 0 saturated carbocycles. The molecule has 4 heteroatoms.